The van der Waals surface area contributed by atoms with E-state index in [-0.39, 0.29) is 24.4 Å². The van der Waals surface area contributed by atoms with E-state index in [1.165, 1.54) is 0 Å². The molecule has 0 aromatic carbocycles. The quantitative estimate of drug-likeness (QED) is 0.715. The molecule has 1 heterocycles. The lowest BCUT2D eigenvalue weighted by Gasteiger charge is -2.30. The second-order valence-corrected chi connectivity index (χ2v) is 4.68. The van der Waals surface area contributed by atoms with Crippen molar-refractivity contribution in [1.82, 2.24) is 5.32 Å². The molecule has 5 nitrogen and oxygen atoms in total. The van der Waals surface area contributed by atoms with Crippen molar-refractivity contribution in [3.8, 4) is 0 Å². The van der Waals surface area contributed by atoms with Crippen LogP contribution in [0.3, 0.4) is 0 Å². The molecule has 0 radical (unpaired) electrons. The smallest absolute Gasteiger partial charge is 0.404 e. The summed E-state index contributed by atoms with van der Waals surface area (Å²) in [4.78, 5) is 10.5. The number of ether oxygens (including phenoxy) is 2. The lowest BCUT2D eigenvalue weighted by atomic mass is 10.1. The van der Waals surface area contributed by atoms with Gasteiger partial charge < -0.3 is 19.9 Å². The van der Waals surface area contributed by atoms with Gasteiger partial charge in [-0.15, -0.1) is 0 Å². The zero-order valence-corrected chi connectivity index (χ0v) is 9.90. The second-order valence-electron chi connectivity index (χ2n) is 4.68. The van der Waals surface area contributed by atoms with Crippen molar-refractivity contribution >= 4 is 6.09 Å². The molecule has 0 saturated carbocycles. The first-order valence-electron chi connectivity index (χ1n) is 5.31. The molecule has 2 atom stereocenters. The molecule has 5 heteroatoms. The summed E-state index contributed by atoms with van der Waals surface area (Å²) in [6.07, 6.45) is 2.29. The van der Waals surface area contributed by atoms with Gasteiger partial charge in [0, 0.05) is 0 Å². The fourth-order valence-electron chi connectivity index (χ4n) is 1.51. The Morgan fingerprint density at radius 2 is 2.38 bits per heavy atom. The normalized spacial score (nSPS) is 22.1. The first-order chi connectivity index (χ1) is 7.38. The molecule has 1 aliphatic heterocycles. The topological polar surface area (TPSA) is 67.8 Å². The Balaban J connectivity index is 2.54. The Kier molecular flexibility index (Phi) is 4.32. The van der Waals surface area contributed by atoms with Crippen molar-refractivity contribution in [2.24, 2.45) is 0 Å². The number of carbonyl (C=O) groups is 1. The molecule has 0 unspecified atom stereocenters. The molecule has 1 rings (SSSR count). The number of amides is 1. The Morgan fingerprint density at radius 1 is 1.69 bits per heavy atom. The number of rotatable bonds is 4. The lowest BCUT2D eigenvalue weighted by molar-refractivity contribution is -0.105. The highest BCUT2D eigenvalue weighted by Gasteiger charge is 2.28. The van der Waals surface area contributed by atoms with Gasteiger partial charge in [-0.3, -0.25) is 0 Å². The minimum Gasteiger partial charge on any atom is -0.465 e. The van der Waals surface area contributed by atoms with E-state index >= 15 is 0 Å². The van der Waals surface area contributed by atoms with Gasteiger partial charge in [0.1, 0.15) is 12.2 Å². The number of hydrogen-bond acceptors (Lipinski definition) is 3. The van der Waals surface area contributed by atoms with Gasteiger partial charge in [0.25, 0.3) is 0 Å². The van der Waals surface area contributed by atoms with Crippen LogP contribution >= 0.6 is 0 Å². The molecule has 0 saturated heterocycles. The molecule has 2 N–H and O–H groups in total. The van der Waals surface area contributed by atoms with E-state index in [4.69, 9.17) is 14.6 Å². The van der Waals surface area contributed by atoms with E-state index in [1.54, 1.807) is 0 Å². The summed E-state index contributed by atoms with van der Waals surface area (Å²) in [6.45, 7) is 6.57. The fraction of sp³-hybridized carbons (Fsp3) is 0.727. The largest absolute Gasteiger partial charge is 0.465 e. The average molecular weight is 229 g/mol. The van der Waals surface area contributed by atoms with E-state index in [2.05, 4.69) is 5.32 Å². The third-order valence-electron chi connectivity index (χ3n) is 2.04. The predicted octanol–water partition coefficient (Wildman–Crippen LogP) is 1.39. The van der Waals surface area contributed by atoms with Gasteiger partial charge in [0.05, 0.1) is 18.8 Å². The Morgan fingerprint density at radius 3 is 2.81 bits per heavy atom. The maximum atomic E-state index is 10.5. The molecule has 0 aromatic heterocycles. The van der Waals surface area contributed by atoms with Crippen LogP contribution in [0.25, 0.3) is 0 Å². The van der Waals surface area contributed by atoms with Crippen molar-refractivity contribution in [1.29, 1.82) is 0 Å². The van der Waals surface area contributed by atoms with Crippen LogP contribution in [0.4, 0.5) is 4.79 Å². The van der Waals surface area contributed by atoms with E-state index in [9.17, 15) is 4.79 Å². The van der Waals surface area contributed by atoms with Crippen LogP contribution in [0, 0.1) is 0 Å². The van der Waals surface area contributed by atoms with Crippen LogP contribution in [0.5, 0.6) is 0 Å². The molecule has 0 bridgehead atoms. The summed E-state index contributed by atoms with van der Waals surface area (Å²) in [5, 5.41) is 10.9. The molecular formula is C11H19NO4. The number of carboxylic acid groups (broad SMARTS) is 1. The Hall–Kier alpha value is -1.07. The SMILES string of the molecule is CC(C)(C)O[C@H](CNC(=O)O)[C@@H]1C=CCO1. The van der Waals surface area contributed by atoms with Crippen molar-refractivity contribution < 1.29 is 19.4 Å². The summed E-state index contributed by atoms with van der Waals surface area (Å²) in [6, 6.07) is 0. The average Bonchev–Trinajstić information content (AvgIpc) is 2.62. The summed E-state index contributed by atoms with van der Waals surface area (Å²) in [5.74, 6) is 0. The van der Waals surface area contributed by atoms with Gasteiger partial charge >= 0.3 is 6.09 Å². The summed E-state index contributed by atoms with van der Waals surface area (Å²) in [5.41, 5.74) is -0.329. The van der Waals surface area contributed by atoms with Gasteiger partial charge in [-0.05, 0) is 20.8 Å². The number of hydrogen-bond donors (Lipinski definition) is 2. The van der Waals surface area contributed by atoms with Crippen LogP contribution in [0.2, 0.25) is 0 Å². The predicted molar refractivity (Wildman–Crippen MR) is 59.5 cm³/mol. The fourth-order valence-corrected chi connectivity index (χ4v) is 1.51. The summed E-state index contributed by atoms with van der Waals surface area (Å²) < 4.78 is 11.2. The highest BCUT2D eigenvalue weighted by atomic mass is 16.6. The zero-order chi connectivity index (χ0) is 12.2. The third-order valence-corrected chi connectivity index (χ3v) is 2.04. The maximum absolute atomic E-state index is 10.5. The van der Waals surface area contributed by atoms with Crippen LogP contribution in [-0.2, 0) is 9.47 Å². The summed E-state index contributed by atoms with van der Waals surface area (Å²) >= 11 is 0. The molecule has 0 aromatic rings. The highest BCUT2D eigenvalue weighted by Crippen LogP contribution is 2.18. The molecule has 92 valence electrons. The minimum absolute atomic E-state index is 0.175. The molecule has 0 spiro atoms. The number of nitrogens with one attached hydrogen (secondary N) is 1. The Labute approximate surface area is 95.4 Å². The van der Waals surface area contributed by atoms with Crippen LogP contribution in [-0.4, -0.2) is 42.2 Å². The van der Waals surface area contributed by atoms with Crippen molar-refractivity contribution in [2.75, 3.05) is 13.2 Å². The van der Waals surface area contributed by atoms with Crippen molar-refractivity contribution in [3.05, 3.63) is 12.2 Å². The van der Waals surface area contributed by atoms with E-state index in [0.29, 0.717) is 6.61 Å². The minimum atomic E-state index is -1.05. The molecule has 0 fully saturated rings. The van der Waals surface area contributed by atoms with Crippen LogP contribution in [0.15, 0.2) is 12.2 Å². The van der Waals surface area contributed by atoms with E-state index < -0.39 is 6.09 Å². The molecular weight excluding hydrogens is 210 g/mol. The lowest BCUT2D eigenvalue weighted by Crippen LogP contribution is -2.43. The first-order valence-corrected chi connectivity index (χ1v) is 5.31. The maximum Gasteiger partial charge on any atom is 0.404 e. The highest BCUT2D eigenvalue weighted by molar-refractivity contribution is 5.64. The molecule has 0 aliphatic carbocycles. The Bertz CT molecular complexity index is 270. The van der Waals surface area contributed by atoms with Crippen molar-refractivity contribution in [2.45, 2.75) is 38.6 Å². The van der Waals surface area contributed by atoms with Gasteiger partial charge in [-0.25, -0.2) is 4.79 Å². The van der Waals surface area contributed by atoms with Gasteiger partial charge in [-0.1, -0.05) is 12.2 Å². The van der Waals surface area contributed by atoms with E-state index in [1.807, 2.05) is 32.9 Å². The monoisotopic (exact) mass is 229 g/mol. The van der Waals surface area contributed by atoms with Gasteiger partial charge in [0.15, 0.2) is 0 Å². The first kappa shape index (κ1) is 13.0. The van der Waals surface area contributed by atoms with Crippen LogP contribution < -0.4 is 5.32 Å². The summed E-state index contributed by atoms with van der Waals surface area (Å²) in [7, 11) is 0. The van der Waals surface area contributed by atoms with Gasteiger partial charge in [-0.2, -0.15) is 0 Å². The molecule has 16 heavy (non-hydrogen) atoms. The molecule has 1 amide bonds. The van der Waals surface area contributed by atoms with Crippen LogP contribution in [0.1, 0.15) is 20.8 Å². The third kappa shape index (κ3) is 4.63. The zero-order valence-electron chi connectivity index (χ0n) is 9.90. The van der Waals surface area contributed by atoms with Gasteiger partial charge in [0.2, 0.25) is 0 Å². The van der Waals surface area contributed by atoms with Crippen molar-refractivity contribution in [3.63, 3.8) is 0 Å². The van der Waals surface area contributed by atoms with E-state index in [0.717, 1.165) is 0 Å². The second kappa shape index (κ2) is 5.32. The molecule has 1 aliphatic rings. The standard InChI is InChI=1S/C11H19NO4/c1-11(2,3)16-9(7-12-10(13)14)8-5-4-6-15-8/h4-5,8-9,12H,6-7H2,1-3H3,(H,13,14)/t8-,9+/m0/s1.